The molecule has 0 amide bonds. The summed E-state index contributed by atoms with van der Waals surface area (Å²) >= 11 is 6.20. The Morgan fingerprint density at radius 3 is 2.57 bits per heavy atom. The molecule has 0 aliphatic heterocycles. The van der Waals surface area contributed by atoms with Crippen LogP contribution in [-0.2, 0) is 6.42 Å². The van der Waals surface area contributed by atoms with Gasteiger partial charge in [0, 0.05) is 5.02 Å². The van der Waals surface area contributed by atoms with Crippen LogP contribution in [0.4, 0.5) is 4.39 Å². The van der Waals surface area contributed by atoms with Crippen molar-refractivity contribution in [3.8, 4) is 0 Å². The van der Waals surface area contributed by atoms with E-state index in [1.807, 2.05) is 6.07 Å². The standard InChI is InChI=1S/C18H27ClFN/c1-13(2)11-21-12-16(14-5-3-4-6-14)9-15-7-8-17(20)10-18(15)19/h7-8,10,13-14,16,21H,3-6,9,11-12H2,1-2H3. The van der Waals surface area contributed by atoms with Crippen molar-refractivity contribution in [1.82, 2.24) is 5.32 Å². The lowest BCUT2D eigenvalue weighted by Crippen LogP contribution is -2.31. The van der Waals surface area contributed by atoms with Crippen molar-refractivity contribution in [2.75, 3.05) is 13.1 Å². The molecule has 0 bridgehead atoms. The molecule has 1 unspecified atom stereocenters. The van der Waals surface area contributed by atoms with Gasteiger partial charge in [0.1, 0.15) is 5.82 Å². The predicted molar refractivity (Wildman–Crippen MR) is 88.3 cm³/mol. The first kappa shape index (κ1) is 16.8. The normalized spacial score (nSPS) is 17.6. The zero-order valence-electron chi connectivity index (χ0n) is 13.2. The molecule has 1 fully saturated rings. The third kappa shape index (κ3) is 5.27. The summed E-state index contributed by atoms with van der Waals surface area (Å²) in [5, 5.41) is 4.17. The summed E-state index contributed by atoms with van der Waals surface area (Å²) in [5.74, 6) is 1.81. The van der Waals surface area contributed by atoms with Crippen LogP contribution in [0, 0.1) is 23.6 Å². The minimum Gasteiger partial charge on any atom is -0.316 e. The van der Waals surface area contributed by atoms with E-state index in [1.54, 1.807) is 0 Å². The molecule has 0 radical (unpaired) electrons. The van der Waals surface area contributed by atoms with Crippen molar-refractivity contribution in [2.24, 2.45) is 17.8 Å². The summed E-state index contributed by atoms with van der Waals surface area (Å²) in [6.07, 6.45) is 6.31. The second-order valence-corrected chi connectivity index (χ2v) is 7.20. The first-order chi connectivity index (χ1) is 10.1. The Morgan fingerprint density at radius 2 is 1.95 bits per heavy atom. The third-order valence-corrected chi connectivity index (χ3v) is 4.87. The van der Waals surface area contributed by atoms with Gasteiger partial charge in [-0.15, -0.1) is 0 Å². The number of rotatable bonds is 7. The number of benzene rings is 1. The maximum absolute atomic E-state index is 13.2. The molecule has 1 aliphatic carbocycles. The van der Waals surface area contributed by atoms with E-state index >= 15 is 0 Å². The Morgan fingerprint density at radius 1 is 1.24 bits per heavy atom. The molecular formula is C18H27ClFN. The Kier molecular flexibility index (Phi) is 6.50. The zero-order chi connectivity index (χ0) is 15.2. The van der Waals surface area contributed by atoms with Crippen molar-refractivity contribution < 1.29 is 4.39 Å². The molecule has 2 rings (SSSR count). The Hall–Kier alpha value is -0.600. The molecule has 1 aromatic rings. The van der Waals surface area contributed by atoms with Gasteiger partial charge in [0.2, 0.25) is 0 Å². The highest BCUT2D eigenvalue weighted by Crippen LogP contribution is 2.34. The van der Waals surface area contributed by atoms with E-state index in [-0.39, 0.29) is 5.82 Å². The second kappa shape index (κ2) is 8.14. The number of nitrogens with one attached hydrogen (secondary N) is 1. The molecular weight excluding hydrogens is 285 g/mol. The maximum atomic E-state index is 13.2. The van der Waals surface area contributed by atoms with Gasteiger partial charge in [0.15, 0.2) is 0 Å². The van der Waals surface area contributed by atoms with Crippen LogP contribution < -0.4 is 5.32 Å². The van der Waals surface area contributed by atoms with Crippen LogP contribution in [0.2, 0.25) is 5.02 Å². The SMILES string of the molecule is CC(C)CNCC(Cc1ccc(F)cc1Cl)C1CCCC1. The predicted octanol–water partition coefficient (Wildman–Crippen LogP) is 5.07. The third-order valence-electron chi connectivity index (χ3n) is 4.52. The average molecular weight is 312 g/mol. The highest BCUT2D eigenvalue weighted by atomic mass is 35.5. The zero-order valence-corrected chi connectivity index (χ0v) is 13.9. The largest absolute Gasteiger partial charge is 0.316 e. The highest BCUT2D eigenvalue weighted by Gasteiger charge is 2.25. The molecule has 0 heterocycles. The quantitative estimate of drug-likeness (QED) is 0.741. The minimum atomic E-state index is -0.251. The summed E-state index contributed by atoms with van der Waals surface area (Å²) in [7, 11) is 0. The molecule has 0 spiro atoms. The Bertz CT molecular complexity index is 441. The van der Waals surface area contributed by atoms with Gasteiger partial charge in [0.05, 0.1) is 0 Å². The fourth-order valence-corrected chi connectivity index (χ4v) is 3.61. The second-order valence-electron chi connectivity index (χ2n) is 6.80. The molecule has 0 saturated heterocycles. The van der Waals surface area contributed by atoms with Crippen LogP contribution in [0.25, 0.3) is 0 Å². The summed E-state index contributed by atoms with van der Waals surface area (Å²) in [6, 6.07) is 4.81. The molecule has 1 nitrogen and oxygen atoms in total. The Labute approximate surface area is 133 Å². The lowest BCUT2D eigenvalue weighted by atomic mass is 9.85. The topological polar surface area (TPSA) is 12.0 Å². The van der Waals surface area contributed by atoms with Crippen LogP contribution in [0.5, 0.6) is 0 Å². The Balaban J connectivity index is 2.00. The lowest BCUT2D eigenvalue weighted by Gasteiger charge is -2.25. The van der Waals surface area contributed by atoms with Crippen LogP contribution in [0.3, 0.4) is 0 Å². The fourth-order valence-electron chi connectivity index (χ4n) is 3.36. The van der Waals surface area contributed by atoms with Crippen molar-refractivity contribution in [2.45, 2.75) is 46.0 Å². The summed E-state index contributed by atoms with van der Waals surface area (Å²) in [4.78, 5) is 0. The van der Waals surface area contributed by atoms with Crippen molar-refractivity contribution in [3.63, 3.8) is 0 Å². The molecule has 1 aromatic carbocycles. The monoisotopic (exact) mass is 311 g/mol. The highest BCUT2D eigenvalue weighted by molar-refractivity contribution is 6.31. The van der Waals surface area contributed by atoms with Crippen LogP contribution >= 0.6 is 11.6 Å². The van der Waals surface area contributed by atoms with E-state index < -0.39 is 0 Å². The molecule has 21 heavy (non-hydrogen) atoms. The van der Waals surface area contributed by atoms with Crippen LogP contribution in [-0.4, -0.2) is 13.1 Å². The number of hydrogen-bond donors (Lipinski definition) is 1. The van der Waals surface area contributed by atoms with Gasteiger partial charge in [0.25, 0.3) is 0 Å². The summed E-state index contributed by atoms with van der Waals surface area (Å²) in [5.41, 5.74) is 1.08. The van der Waals surface area contributed by atoms with Crippen LogP contribution in [0.15, 0.2) is 18.2 Å². The molecule has 3 heteroatoms. The van der Waals surface area contributed by atoms with Crippen molar-refractivity contribution >= 4 is 11.6 Å². The first-order valence-corrected chi connectivity index (χ1v) is 8.58. The van der Waals surface area contributed by atoms with Gasteiger partial charge in [-0.2, -0.15) is 0 Å². The van der Waals surface area contributed by atoms with Crippen molar-refractivity contribution in [3.05, 3.63) is 34.6 Å². The van der Waals surface area contributed by atoms with E-state index in [4.69, 9.17) is 11.6 Å². The van der Waals surface area contributed by atoms with Gasteiger partial charge in [-0.3, -0.25) is 0 Å². The maximum Gasteiger partial charge on any atom is 0.124 e. The summed E-state index contributed by atoms with van der Waals surface area (Å²) < 4.78 is 13.2. The molecule has 1 N–H and O–H groups in total. The minimum absolute atomic E-state index is 0.251. The molecule has 118 valence electrons. The van der Waals surface area contributed by atoms with E-state index in [9.17, 15) is 4.39 Å². The average Bonchev–Trinajstić information content (AvgIpc) is 2.93. The molecule has 1 saturated carbocycles. The number of hydrogen-bond acceptors (Lipinski definition) is 1. The van der Waals surface area contributed by atoms with Crippen molar-refractivity contribution in [1.29, 1.82) is 0 Å². The van der Waals surface area contributed by atoms with Gasteiger partial charge in [-0.25, -0.2) is 4.39 Å². The number of halogens is 2. The smallest absolute Gasteiger partial charge is 0.124 e. The van der Waals surface area contributed by atoms with E-state index in [0.29, 0.717) is 16.9 Å². The van der Waals surface area contributed by atoms with E-state index in [2.05, 4.69) is 19.2 Å². The summed E-state index contributed by atoms with van der Waals surface area (Å²) in [6.45, 7) is 6.56. The fraction of sp³-hybridized carbons (Fsp3) is 0.667. The van der Waals surface area contributed by atoms with Gasteiger partial charge < -0.3 is 5.32 Å². The van der Waals surface area contributed by atoms with E-state index in [1.165, 1.54) is 37.8 Å². The van der Waals surface area contributed by atoms with Gasteiger partial charge in [-0.05, 0) is 55.0 Å². The van der Waals surface area contributed by atoms with Gasteiger partial charge >= 0.3 is 0 Å². The lowest BCUT2D eigenvalue weighted by molar-refractivity contribution is 0.316. The molecule has 0 aromatic heterocycles. The first-order valence-electron chi connectivity index (χ1n) is 8.21. The molecule has 1 atom stereocenters. The molecule has 1 aliphatic rings. The van der Waals surface area contributed by atoms with Crippen LogP contribution in [0.1, 0.15) is 45.1 Å². The van der Waals surface area contributed by atoms with Gasteiger partial charge in [-0.1, -0.05) is 57.2 Å². The van der Waals surface area contributed by atoms with E-state index in [0.717, 1.165) is 31.0 Å².